The minimum absolute atomic E-state index is 0.0372. The largest absolute Gasteiger partial charge is 0.369 e. The minimum atomic E-state index is -0.389. The van der Waals surface area contributed by atoms with Gasteiger partial charge in [-0.2, -0.15) is 0 Å². The van der Waals surface area contributed by atoms with E-state index < -0.39 is 0 Å². The van der Waals surface area contributed by atoms with Gasteiger partial charge in [0, 0.05) is 18.5 Å². The number of hydrogen-bond donors (Lipinski definition) is 2. The molecule has 0 spiro atoms. The van der Waals surface area contributed by atoms with Gasteiger partial charge in [0.05, 0.1) is 5.41 Å². The van der Waals surface area contributed by atoms with E-state index in [-0.39, 0.29) is 17.2 Å². The lowest BCUT2D eigenvalue weighted by Crippen LogP contribution is -2.26. The highest BCUT2D eigenvalue weighted by Crippen LogP contribution is 2.48. The molecule has 4 nitrogen and oxygen atoms in total. The van der Waals surface area contributed by atoms with Gasteiger partial charge < -0.3 is 11.1 Å². The summed E-state index contributed by atoms with van der Waals surface area (Å²) in [5.41, 5.74) is 7.12. The Morgan fingerprint density at radius 2 is 2.10 bits per heavy atom. The van der Waals surface area contributed by atoms with E-state index in [1.807, 2.05) is 18.2 Å². The van der Waals surface area contributed by atoms with Crippen LogP contribution in [0.25, 0.3) is 0 Å². The Labute approximate surface area is 123 Å². The third-order valence-electron chi connectivity index (χ3n) is 3.80. The van der Waals surface area contributed by atoms with Gasteiger partial charge in [-0.25, -0.2) is 0 Å². The highest BCUT2D eigenvalue weighted by Gasteiger charge is 2.48. The van der Waals surface area contributed by atoms with Gasteiger partial charge >= 0.3 is 0 Å². The predicted molar refractivity (Wildman–Crippen MR) is 78.4 cm³/mol. The Balaban J connectivity index is 2.05. The minimum Gasteiger partial charge on any atom is -0.369 e. The number of nitrogens with one attached hydrogen (secondary N) is 1. The smallest absolute Gasteiger partial charge is 0.223 e. The Morgan fingerprint density at radius 3 is 2.65 bits per heavy atom. The fourth-order valence-corrected chi connectivity index (χ4v) is 2.51. The molecule has 1 aromatic rings. The number of primary amides is 1. The van der Waals surface area contributed by atoms with E-state index >= 15 is 0 Å². The van der Waals surface area contributed by atoms with Crippen LogP contribution < -0.4 is 11.1 Å². The van der Waals surface area contributed by atoms with Gasteiger partial charge in [-0.05, 0) is 42.9 Å². The molecule has 1 fully saturated rings. The molecule has 20 heavy (non-hydrogen) atoms. The van der Waals surface area contributed by atoms with Crippen molar-refractivity contribution in [2.24, 2.45) is 11.1 Å². The molecule has 2 amide bonds. The third-order valence-corrected chi connectivity index (χ3v) is 4.17. The summed E-state index contributed by atoms with van der Waals surface area (Å²) in [5, 5.41) is 3.43. The van der Waals surface area contributed by atoms with Crippen LogP contribution in [0.3, 0.4) is 0 Å². The number of benzene rings is 1. The number of hydrogen-bond acceptors (Lipinski definition) is 2. The topological polar surface area (TPSA) is 72.2 Å². The van der Waals surface area contributed by atoms with Crippen LogP contribution in [0.1, 0.15) is 30.9 Å². The van der Waals surface area contributed by atoms with Crippen LogP contribution in [-0.4, -0.2) is 18.4 Å². The molecule has 1 aliphatic rings. The average molecular weight is 295 g/mol. The number of halogens is 1. The molecule has 5 heteroatoms. The maximum Gasteiger partial charge on any atom is 0.223 e. The van der Waals surface area contributed by atoms with Crippen molar-refractivity contribution in [3.05, 3.63) is 34.3 Å². The average Bonchev–Trinajstić information content (AvgIpc) is 3.14. The number of carbonyl (C=O) groups is 2. The molecule has 0 atom stereocenters. The van der Waals surface area contributed by atoms with Crippen LogP contribution in [0, 0.1) is 5.41 Å². The van der Waals surface area contributed by atoms with E-state index in [9.17, 15) is 9.59 Å². The maximum absolute atomic E-state index is 11.5. The summed E-state index contributed by atoms with van der Waals surface area (Å²) in [5.74, 6) is -0.276. The van der Waals surface area contributed by atoms with Crippen LogP contribution in [0.2, 0.25) is 5.02 Å². The molecule has 2 rings (SSSR count). The molecule has 1 aromatic carbocycles. The van der Waals surface area contributed by atoms with Crippen molar-refractivity contribution < 1.29 is 9.59 Å². The van der Waals surface area contributed by atoms with E-state index in [0.717, 1.165) is 30.4 Å². The van der Waals surface area contributed by atoms with Crippen molar-refractivity contribution in [3.63, 3.8) is 0 Å². The second-order valence-electron chi connectivity index (χ2n) is 5.48. The van der Waals surface area contributed by atoms with Crippen LogP contribution >= 0.6 is 11.6 Å². The van der Waals surface area contributed by atoms with E-state index in [1.165, 1.54) is 6.92 Å². The number of rotatable bonds is 6. The Kier molecular flexibility index (Phi) is 4.33. The molecule has 0 saturated heterocycles. The molecule has 108 valence electrons. The second kappa shape index (κ2) is 5.83. The predicted octanol–water partition coefficient (Wildman–Crippen LogP) is 1.83. The SMILES string of the molecule is CC(=O)NCCc1ccc(Cl)c(CC2(C(N)=O)CC2)c1. The molecule has 0 aromatic heterocycles. The summed E-state index contributed by atoms with van der Waals surface area (Å²) in [6.45, 7) is 2.09. The zero-order chi connectivity index (χ0) is 14.8. The summed E-state index contributed by atoms with van der Waals surface area (Å²) in [4.78, 5) is 22.3. The first-order chi connectivity index (χ1) is 9.43. The van der Waals surface area contributed by atoms with E-state index in [0.29, 0.717) is 18.0 Å². The molecule has 0 aliphatic heterocycles. The summed E-state index contributed by atoms with van der Waals surface area (Å²) in [6.07, 6.45) is 3.03. The Morgan fingerprint density at radius 1 is 1.40 bits per heavy atom. The standard InChI is InChI=1S/C15H19ClN2O2/c1-10(19)18-7-4-11-2-3-13(16)12(8-11)9-15(5-6-15)14(17)20/h2-3,8H,4-7,9H2,1H3,(H2,17,20)(H,18,19). The quantitative estimate of drug-likeness (QED) is 0.840. The van der Waals surface area contributed by atoms with Crippen LogP contribution in [0.4, 0.5) is 0 Å². The maximum atomic E-state index is 11.5. The first-order valence-corrected chi connectivity index (χ1v) is 7.12. The molecule has 0 heterocycles. The van der Waals surface area contributed by atoms with Gasteiger partial charge in [0.15, 0.2) is 0 Å². The van der Waals surface area contributed by atoms with Crippen molar-refractivity contribution in [1.82, 2.24) is 5.32 Å². The third kappa shape index (κ3) is 3.51. The van der Waals surface area contributed by atoms with Crippen molar-refractivity contribution in [1.29, 1.82) is 0 Å². The Bertz CT molecular complexity index is 539. The van der Waals surface area contributed by atoms with Gasteiger partial charge in [0.2, 0.25) is 11.8 Å². The van der Waals surface area contributed by atoms with Crippen LogP contribution in [0.15, 0.2) is 18.2 Å². The van der Waals surface area contributed by atoms with Crippen molar-refractivity contribution >= 4 is 23.4 Å². The van der Waals surface area contributed by atoms with E-state index in [2.05, 4.69) is 5.32 Å². The monoisotopic (exact) mass is 294 g/mol. The summed E-state index contributed by atoms with van der Waals surface area (Å²) < 4.78 is 0. The van der Waals surface area contributed by atoms with Crippen LogP contribution in [0.5, 0.6) is 0 Å². The zero-order valence-corrected chi connectivity index (χ0v) is 12.3. The zero-order valence-electron chi connectivity index (χ0n) is 11.5. The van der Waals surface area contributed by atoms with Gasteiger partial charge in [-0.1, -0.05) is 23.7 Å². The van der Waals surface area contributed by atoms with E-state index in [1.54, 1.807) is 0 Å². The highest BCUT2D eigenvalue weighted by molar-refractivity contribution is 6.31. The number of nitrogens with two attached hydrogens (primary N) is 1. The summed E-state index contributed by atoms with van der Waals surface area (Å²) in [7, 11) is 0. The normalized spacial score (nSPS) is 15.7. The van der Waals surface area contributed by atoms with Gasteiger partial charge in [-0.3, -0.25) is 9.59 Å². The number of amides is 2. The van der Waals surface area contributed by atoms with Crippen LogP contribution in [-0.2, 0) is 22.4 Å². The molecule has 0 unspecified atom stereocenters. The first kappa shape index (κ1) is 14.9. The molecule has 3 N–H and O–H groups in total. The lowest BCUT2D eigenvalue weighted by Gasteiger charge is -2.13. The van der Waals surface area contributed by atoms with Crippen molar-refractivity contribution in [2.75, 3.05) is 6.54 Å². The molecule has 1 aliphatic carbocycles. The van der Waals surface area contributed by atoms with Gasteiger partial charge in [0.1, 0.15) is 0 Å². The molecule has 0 bridgehead atoms. The van der Waals surface area contributed by atoms with E-state index in [4.69, 9.17) is 17.3 Å². The first-order valence-electron chi connectivity index (χ1n) is 6.75. The van der Waals surface area contributed by atoms with Crippen molar-refractivity contribution in [2.45, 2.75) is 32.6 Å². The molecular weight excluding hydrogens is 276 g/mol. The lowest BCUT2D eigenvalue weighted by molar-refractivity contribution is -0.123. The Hall–Kier alpha value is -1.55. The molecular formula is C15H19ClN2O2. The van der Waals surface area contributed by atoms with Crippen molar-refractivity contribution in [3.8, 4) is 0 Å². The fraction of sp³-hybridized carbons (Fsp3) is 0.467. The summed E-state index contributed by atoms with van der Waals surface area (Å²) >= 11 is 6.20. The second-order valence-corrected chi connectivity index (χ2v) is 5.89. The van der Waals surface area contributed by atoms with Gasteiger partial charge in [-0.15, -0.1) is 0 Å². The lowest BCUT2D eigenvalue weighted by atomic mass is 9.94. The molecule has 0 radical (unpaired) electrons. The van der Waals surface area contributed by atoms with Gasteiger partial charge in [0.25, 0.3) is 0 Å². The molecule has 1 saturated carbocycles. The highest BCUT2D eigenvalue weighted by atomic mass is 35.5. The fourth-order valence-electron chi connectivity index (χ4n) is 2.33. The summed E-state index contributed by atoms with van der Waals surface area (Å²) in [6, 6.07) is 5.79. The number of carbonyl (C=O) groups excluding carboxylic acids is 2.